The topological polar surface area (TPSA) is 49.3 Å². The van der Waals surface area contributed by atoms with Gasteiger partial charge in [0.1, 0.15) is 5.82 Å². The van der Waals surface area contributed by atoms with Crippen LogP contribution in [0.1, 0.15) is 23.9 Å². The fourth-order valence-corrected chi connectivity index (χ4v) is 4.14. The van der Waals surface area contributed by atoms with Crippen molar-refractivity contribution in [3.8, 4) is 11.1 Å². The summed E-state index contributed by atoms with van der Waals surface area (Å²) in [5.41, 5.74) is 4.71. The third kappa shape index (κ3) is 5.36. The van der Waals surface area contributed by atoms with Gasteiger partial charge in [0.25, 0.3) is 0 Å². The van der Waals surface area contributed by atoms with Crippen molar-refractivity contribution in [1.29, 1.82) is 0 Å². The zero-order valence-corrected chi connectivity index (χ0v) is 18.4. The van der Waals surface area contributed by atoms with Gasteiger partial charge < -0.3 is 4.90 Å². The molecule has 1 unspecified atom stereocenters. The second-order valence-corrected chi connectivity index (χ2v) is 8.32. The predicted octanol–water partition coefficient (Wildman–Crippen LogP) is 3.84. The Hall–Kier alpha value is -3.05. The fraction of sp³-hybridized carbons (Fsp3) is 0.346. The lowest BCUT2D eigenvalue weighted by Crippen LogP contribution is -2.34. The number of amides is 1. The summed E-state index contributed by atoms with van der Waals surface area (Å²) in [4.78, 5) is 26.1. The van der Waals surface area contributed by atoms with Crippen molar-refractivity contribution in [1.82, 2.24) is 19.8 Å². The number of carbonyl (C=O) groups excluding carboxylic acids is 1. The summed E-state index contributed by atoms with van der Waals surface area (Å²) < 4.78 is 0. The van der Waals surface area contributed by atoms with Crippen LogP contribution in [-0.2, 0) is 24.2 Å². The number of likely N-dealkylation sites (N-methyl/N-ethyl adjacent to an activating group) is 1. The maximum atomic E-state index is 13.0. The molecule has 1 aromatic heterocycles. The Morgan fingerprint density at radius 3 is 2.26 bits per heavy atom. The van der Waals surface area contributed by atoms with Crippen molar-refractivity contribution in [3.63, 3.8) is 0 Å². The van der Waals surface area contributed by atoms with Crippen LogP contribution in [0.3, 0.4) is 0 Å². The Morgan fingerprint density at radius 1 is 0.903 bits per heavy atom. The van der Waals surface area contributed by atoms with E-state index in [9.17, 15) is 4.79 Å². The van der Waals surface area contributed by atoms with E-state index in [4.69, 9.17) is 0 Å². The molecule has 0 spiro atoms. The monoisotopic (exact) mass is 414 g/mol. The van der Waals surface area contributed by atoms with Crippen LogP contribution in [0.5, 0.6) is 0 Å². The molecule has 1 atom stereocenters. The third-order valence-electron chi connectivity index (χ3n) is 5.98. The molecule has 5 nitrogen and oxygen atoms in total. The molecular formula is C26H30N4O. The van der Waals surface area contributed by atoms with Crippen molar-refractivity contribution in [2.24, 2.45) is 5.92 Å². The van der Waals surface area contributed by atoms with Crippen LogP contribution in [0.15, 0.2) is 67.0 Å². The summed E-state index contributed by atoms with van der Waals surface area (Å²) in [6.45, 7) is 5.19. The van der Waals surface area contributed by atoms with E-state index in [1.165, 1.54) is 16.7 Å². The van der Waals surface area contributed by atoms with E-state index in [0.29, 0.717) is 0 Å². The smallest absolute Gasteiger partial charge is 0.227 e. The van der Waals surface area contributed by atoms with Crippen LogP contribution in [0.2, 0.25) is 0 Å². The van der Waals surface area contributed by atoms with Crippen LogP contribution in [-0.4, -0.2) is 52.4 Å². The van der Waals surface area contributed by atoms with Crippen molar-refractivity contribution >= 4 is 5.91 Å². The number of hydrogen-bond donors (Lipinski definition) is 0. The van der Waals surface area contributed by atoms with Gasteiger partial charge in [-0.15, -0.1) is 0 Å². The Bertz CT molecular complexity index is 986. The minimum atomic E-state index is -0.0501. The van der Waals surface area contributed by atoms with Crippen LogP contribution >= 0.6 is 0 Å². The van der Waals surface area contributed by atoms with Crippen LogP contribution in [0.25, 0.3) is 11.1 Å². The minimum absolute atomic E-state index is 0.0501. The first kappa shape index (κ1) is 21.2. The molecule has 0 N–H and O–H groups in total. The summed E-state index contributed by atoms with van der Waals surface area (Å²) in [7, 11) is 1.91. The number of rotatable bonds is 6. The Morgan fingerprint density at radius 2 is 1.58 bits per heavy atom. The van der Waals surface area contributed by atoms with E-state index in [2.05, 4.69) is 70.3 Å². The molecule has 0 saturated carbocycles. The third-order valence-corrected chi connectivity index (χ3v) is 5.98. The number of carbonyl (C=O) groups is 1. The maximum absolute atomic E-state index is 13.0. The molecule has 3 aromatic rings. The molecule has 1 saturated heterocycles. The van der Waals surface area contributed by atoms with Gasteiger partial charge in [-0.25, -0.2) is 9.97 Å². The lowest BCUT2D eigenvalue weighted by atomic mass is 9.95. The lowest BCUT2D eigenvalue weighted by Gasteiger charge is -2.23. The molecule has 31 heavy (non-hydrogen) atoms. The molecule has 2 heterocycles. The Labute approximate surface area is 184 Å². The lowest BCUT2D eigenvalue weighted by molar-refractivity contribution is -0.133. The van der Waals surface area contributed by atoms with Crippen molar-refractivity contribution in [2.75, 3.05) is 26.7 Å². The number of aromatic nitrogens is 2. The first-order valence-electron chi connectivity index (χ1n) is 11.0. The Kier molecular flexibility index (Phi) is 6.73. The standard InChI is InChI=1S/C26H30N4O/c1-3-25-27-16-21(17-28-25)18-30-14-13-29(2)26(31)24(19-30)15-20-9-11-23(12-10-20)22-7-5-4-6-8-22/h4-12,16-17,24H,3,13-15,18-19H2,1-2H3. The summed E-state index contributed by atoms with van der Waals surface area (Å²) in [5, 5.41) is 0. The largest absolute Gasteiger partial charge is 0.344 e. The molecule has 1 amide bonds. The summed E-state index contributed by atoms with van der Waals surface area (Å²) in [6, 6.07) is 19.0. The summed E-state index contributed by atoms with van der Waals surface area (Å²) >= 11 is 0. The van der Waals surface area contributed by atoms with Gasteiger partial charge in [0.15, 0.2) is 0 Å². The predicted molar refractivity (Wildman–Crippen MR) is 123 cm³/mol. The van der Waals surface area contributed by atoms with E-state index in [-0.39, 0.29) is 11.8 Å². The van der Waals surface area contributed by atoms with Crippen LogP contribution < -0.4 is 0 Å². The van der Waals surface area contributed by atoms with Gasteiger partial charge in [-0.1, -0.05) is 61.5 Å². The van der Waals surface area contributed by atoms with E-state index in [0.717, 1.165) is 50.4 Å². The van der Waals surface area contributed by atoms with Crippen molar-refractivity contribution < 1.29 is 4.79 Å². The van der Waals surface area contributed by atoms with Crippen LogP contribution in [0, 0.1) is 5.92 Å². The fourth-order valence-electron chi connectivity index (χ4n) is 4.14. The van der Waals surface area contributed by atoms with E-state index in [1.807, 2.05) is 30.4 Å². The second-order valence-electron chi connectivity index (χ2n) is 8.32. The second kappa shape index (κ2) is 9.84. The van der Waals surface area contributed by atoms with Crippen molar-refractivity contribution in [3.05, 3.63) is 83.9 Å². The van der Waals surface area contributed by atoms with Gasteiger partial charge in [-0.05, 0) is 23.1 Å². The normalized spacial score (nSPS) is 17.5. The molecule has 160 valence electrons. The van der Waals surface area contributed by atoms with Gasteiger partial charge in [0, 0.05) is 57.6 Å². The number of hydrogen-bond acceptors (Lipinski definition) is 4. The minimum Gasteiger partial charge on any atom is -0.344 e. The van der Waals surface area contributed by atoms with Crippen molar-refractivity contribution in [2.45, 2.75) is 26.3 Å². The average molecular weight is 415 g/mol. The van der Waals surface area contributed by atoms with Gasteiger partial charge >= 0.3 is 0 Å². The van der Waals surface area contributed by atoms with Gasteiger partial charge in [0.05, 0.1) is 5.92 Å². The molecule has 1 fully saturated rings. The van der Waals surface area contributed by atoms with Gasteiger partial charge in [-0.2, -0.15) is 0 Å². The Balaban J connectivity index is 1.45. The quantitative estimate of drug-likeness (QED) is 0.615. The highest BCUT2D eigenvalue weighted by Crippen LogP contribution is 2.22. The highest BCUT2D eigenvalue weighted by Gasteiger charge is 2.28. The molecule has 1 aliphatic heterocycles. The number of benzene rings is 2. The van der Waals surface area contributed by atoms with E-state index in [1.54, 1.807) is 0 Å². The zero-order chi connectivity index (χ0) is 21.6. The first-order chi connectivity index (χ1) is 15.1. The molecular weight excluding hydrogens is 384 g/mol. The van der Waals surface area contributed by atoms with Gasteiger partial charge in [-0.3, -0.25) is 9.69 Å². The zero-order valence-electron chi connectivity index (χ0n) is 18.4. The van der Waals surface area contributed by atoms with Crippen LogP contribution in [0.4, 0.5) is 0 Å². The molecule has 0 aliphatic carbocycles. The first-order valence-corrected chi connectivity index (χ1v) is 11.0. The molecule has 0 radical (unpaired) electrons. The SMILES string of the molecule is CCc1ncc(CN2CCN(C)C(=O)C(Cc3ccc(-c4ccccc4)cc3)C2)cn1. The molecule has 4 rings (SSSR count). The average Bonchev–Trinajstić information content (AvgIpc) is 2.94. The number of aryl methyl sites for hydroxylation is 1. The maximum Gasteiger partial charge on any atom is 0.227 e. The molecule has 5 heteroatoms. The molecule has 1 aliphatic rings. The highest BCUT2D eigenvalue weighted by molar-refractivity contribution is 5.79. The molecule has 0 bridgehead atoms. The van der Waals surface area contributed by atoms with E-state index >= 15 is 0 Å². The molecule has 2 aromatic carbocycles. The van der Waals surface area contributed by atoms with E-state index < -0.39 is 0 Å². The highest BCUT2D eigenvalue weighted by atomic mass is 16.2. The number of nitrogens with zero attached hydrogens (tertiary/aromatic N) is 4. The van der Waals surface area contributed by atoms with Gasteiger partial charge in [0.2, 0.25) is 5.91 Å². The summed E-state index contributed by atoms with van der Waals surface area (Å²) in [5.74, 6) is 1.05. The summed E-state index contributed by atoms with van der Waals surface area (Å²) in [6.07, 6.45) is 5.42.